The van der Waals surface area contributed by atoms with Gasteiger partial charge in [-0.15, -0.1) is 0 Å². The summed E-state index contributed by atoms with van der Waals surface area (Å²) in [7, 11) is 0. The molecular weight excluding hydrogens is 258 g/mol. The first-order valence-electron chi connectivity index (χ1n) is 6.75. The van der Waals surface area contributed by atoms with Gasteiger partial charge in [0.05, 0.1) is 0 Å². The Morgan fingerprint density at radius 2 is 1.19 bits per heavy atom. The Bertz CT molecular complexity index is 753. The summed E-state index contributed by atoms with van der Waals surface area (Å²) >= 11 is 0. The summed E-state index contributed by atoms with van der Waals surface area (Å²) < 4.78 is 5.74. The van der Waals surface area contributed by atoms with Crippen LogP contribution in [0.2, 0.25) is 0 Å². The molecule has 3 rings (SSSR count). The molecule has 0 bridgehead atoms. The van der Waals surface area contributed by atoms with Crippen molar-refractivity contribution in [2.75, 3.05) is 0 Å². The van der Waals surface area contributed by atoms with Gasteiger partial charge in [-0.2, -0.15) is 0 Å². The van der Waals surface area contributed by atoms with E-state index in [0.29, 0.717) is 0 Å². The van der Waals surface area contributed by atoms with Crippen LogP contribution in [0.5, 0.6) is 11.5 Å². The predicted octanol–water partition coefficient (Wildman–Crippen LogP) is 5.49. The summed E-state index contributed by atoms with van der Waals surface area (Å²) in [5.74, 6) is 1.62. The van der Waals surface area contributed by atoms with E-state index >= 15 is 0 Å². The summed E-state index contributed by atoms with van der Waals surface area (Å²) in [6.45, 7) is 0. The maximum absolute atomic E-state index is 5.74. The lowest BCUT2D eigenvalue weighted by Crippen LogP contribution is -1.83. The largest absolute Gasteiger partial charge is 0.457 e. The molecule has 0 saturated carbocycles. The second kappa shape index (κ2) is 6.40. The first-order chi connectivity index (χ1) is 10.4. The molecule has 3 aromatic carbocycles. The SMILES string of the molecule is C(#[N+]c1ccccc1)c1ccc(Oc2ccccc2)cc1. The molecule has 0 heterocycles. The van der Waals surface area contributed by atoms with Crippen LogP contribution in [0.25, 0.3) is 4.85 Å². The fourth-order valence-corrected chi connectivity index (χ4v) is 1.85. The third-order valence-electron chi connectivity index (χ3n) is 2.90. The van der Waals surface area contributed by atoms with Gasteiger partial charge in [0.25, 0.3) is 0 Å². The fraction of sp³-hybridized carbons (Fsp3) is 0. The number of benzene rings is 3. The van der Waals surface area contributed by atoms with Gasteiger partial charge in [-0.25, -0.2) is 0 Å². The van der Waals surface area contributed by atoms with E-state index in [4.69, 9.17) is 4.74 Å². The standard InChI is InChI=1S/C19H14NO/c1-3-7-17(8-4-1)20-15-16-11-13-19(14-12-16)21-18-9-5-2-6-10-18/h1-14H/q+1. The number of rotatable bonds is 2. The zero-order valence-electron chi connectivity index (χ0n) is 11.4. The molecule has 0 aromatic heterocycles. The Balaban J connectivity index is 1.72. The average molecular weight is 272 g/mol. The second-order valence-electron chi connectivity index (χ2n) is 4.50. The summed E-state index contributed by atoms with van der Waals surface area (Å²) in [6, 6.07) is 30.2. The summed E-state index contributed by atoms with van der Waals surface area (Å²) in [4.78, 5) is 4.30. The van der Waals surface area contributed by atoms with E-state index in [1.807, 2.05) is 84.9 Å². The van der Waals surface area contributed by atoms with E-state index in [9.17, 15) is 0 Å². The third kappa shape index (κ3) is 3.71. The number of ether oxygens (including phenoxy) is 1. The lowest BCUT2D eigenvalue weighted by Gasteiger charge is -2.04. The first kappa shape index (κ1) is 13.0. The molecule has 0 aliphatic carbocycles. The average Bonchev–Trinajstić information content (AvgIpc) is 2.56. The number of para-hydroxylation sites is 2. The van der Waals surface area contributed by atoms with Gasteiger partial charge in [-0.3, -0.25) is 0 Å². The normalized spacial score (nSPS) is 9.52. The zero-order valence-corrected chi connectivity index (χ0v) is 11.4. The van der Waals surface area contributed by atoms with Gasteiger partial charge in [-0.1, -0.05) is 36.4 Å². The van der Waals surface area contributed by atoms with Crippen molar-refractivity contribution in [1.29, 1.82) is 0 Å². The smallest absolute Gasteiger partial charge is 0.340 e. The van der Waals surface area contributed by atoms with E-state index in [1.165, 1.54) is 0 Å². The number of hydrogen-bond acceptors (Lipinski definition) is 1. The Morgan fingerprint density at radius 3 is 1.86 bits per heavy atom. The molecule has 0 radical (unpaired) electrons. The monoisotopic (exact) mass is 272 g/mol. The van der Waals surface area contributed by atoms with Crippen molar-refractivity contribution in [2.45, 2.75) is 0 Å². The topological polar surface area (TPSA) is 13.6 Å². The summed E-state index contributed by atoms with van der Waals surface area (Å²) in [6.07, 6.45) is 0. The molecule has 21 heavy (non-hydrogen) atoms. The van der Waals surface area contributed by atoms with Crippen LogP contribution in [0.15, 0.2) is 84.9 Å². The van der Waals surface area contributed by atoms with Crippen LogP contribution in [-0.2, 0) is 0 Å². The van der Waals surface area contributed by atoms with Crippen molar-refractivity contribution in [3.8, 4) is 17.6 Å². The van der Waals surface area contributed by atoms with Crippen LogP contribution in [-0.4, -0.2) is 0 Å². The Kier molecular flexibility index (Phi) is 3.95. The Morgan fingerprint density at radius 1 is 0.619 bits per heavy atom. The molecule has 0 atom stereocenters. The summed E-state index contributed by atoms with van der Waals surface area (Å²) in [5.41, 5.74) is 1.81. The molecule has 3 aromatic rings. The fourth-order valence-electron chi connectivity index (χ4n) is 1.85. The third-order valence-corrected chi connectivity index (χ3v) is 2.90. The summed E-state index contributed by atoms with van der Waals surface area (Å²) in [5, 5.41) is 0. The molecule has 0 unspecified atom stereocenters. The van der Waals surface area contributed by atoms with Gasteiger partial charge in [0.15, 0.2) is 0 Å². The van der Waals surface area contributed by atoms with Crippen LogP contribution < -0.4 is 4.74 Å². The molecular formula is C19H14NO+. The molecule has 100 valence electrons. The molecule has 0 amide bonds. The van der Waals surface area contributed by atoms with Crippen molar-refractivity contribution >= 4 is 5.69 Å². The van der Waals surface area contributed by atoms with Crippen LogP contribution in [0, 0.1) is 6.07 Å². The van der Waals surface area contributed by atoms with Crippen molar-refractivity contribution in [2.24, 2.45) is 0 Å². The molecule has 0 fully saturated rings. The van der Waals surface area contributed by atoms with Crippen molar-refractivity contribution in [3.63, 3.8) is 0 Å². The van der Waals surface area contributed by atoms with E-state index in [0.717, 1.165) is 22.7 Å². The van der Waals surface area contributed by atoms with Crippen LogP contribution >= 0.6 is 0 Å². The highest BCUT2D eigenvalue weighted by molar-refractivity contribution is 5.49. The van der Waals surface area contributed by atoms with Gasteiger partial charge in [0.1, 0.15) is 17.1 Å². The van der Waals surface area contributed by atoms with Crippen LogP contribution in [0.4, 0.5) is 5.69 Å². The Hall–Kier alpha value is -3.05. The van der Waals surface area contributed by atoms with E-state index in [1.54, 1.807) is 0 Å². The lowest BCUT2D eigenvalue weighted by atomic mass is 10.2. The molecule has 0 aliphatic rings. The van der Waals surface area contributed by atoms with Crippen molar-refractivity contribution in [3.05, 3.63) is 95.3 Å². The molecule has 2 heteroatoms. The van der Waals surface area contributed by atoms with Gasteiger partial charge < -0.3 is 4.74 Å². The molecule has 0 aliphatic heterocycles. The first-order valence-corrected chi connectivity index (χ1v) is 6.75. The number of hydrogen-bond donors (Lipinski definition) is 0. The van der Waals surface area contributed by atoms with Crippen molar-refractivity contribution < 1.29 is 4.74 Å². The number of nitrogens with zero attached hydrogens (tertiary/aromatic N) is 1. The highest BCUT2D eigenvalue weighted by Crippen LogP contribution is 2.21. The van der Waals surface area contributed by atoms with E-state index < -0.39 is 0 Å². The maximum atomic E-state index is 5.74. The van der Waals surface area contributed by atoms with Gasteiger partial charge in [-0.05, 0) is 41.2 Å². The van der Waals surface area contributed by atoms with Crippen LogP contribution in [0.3, 0.4) is 0 Å². The zero-order chi connectivity index (χ0) is 14.3. The molecule has 0 spiro atoms. The van der Waals surface area contributed by atoms with Crippen molar-refractivity contribution in [1.82, 2.24) is 0 Å². The second-order valence-corrected chi connectivity index (χ2v) is 4.50. The van der Waals surface area contributed by atoms with E-state index in [2.05, 4.69) is 10.9 Å². The van der Waals surface area contributed by atoms with E-state index in [-0.39, 0.29) is 0 Å². The minimum absolute atomic E-state index is 0.798. The highest BCUT2D eigenvalue weighted by Gasteiger charge is 2.01. The highest BCUT2D eigenvalue weighted by atomic mass is 16.5. The predicted molar refractivity (Wildman–Crippen MR) is 85.4 cm³/mol. The quantitative estimate of drug-likeness (QED) is 0.601. The molecule has 2 nitrogen and oxygen atoms in total. The minimum atomic E-state index is 0.798. The van der Waals surface area contributed by atoms with Gasteiger partial charge in [0, 0.05) is 12.1 Å². The minimum Gasteiger partial charge on any atom is -0.457 e. The molecule has 0 saturated heterocycles. The maximum Gasteiger partial charge on any atom is 0.340 e. The van der Waals surface area contributed by atoms with Crippen LogP contribution in [0.1, 0.15) is 5.56 Å². The van der Waals surface area contributed by atoms with Gasteiger partial charge >= 0.3 is 11.8 Å². The Labute approximate surface area is 124 Å². The lowest BCUT2D eigenvalue weighted by molar-refractivity contribution is 0.482. The molecule has 0 N–H and O–H groups in total. The van der Waals surface area contributed by atoms with Gasteiger partial charge in [0.2, 0.25) is 0 Å².